The molecule has 18 heavy (non-hydrogen) atoms. The third-order valence-electron chi connectivity index (χ3n) is 2.50. The van der Waals surface area contributed by atoms with Crippen LogP contribution >= 0.6 is 23.6 Å². The van der Waals surface area contributed by atoms with Crippen molar-refractivity contribution < 1.29 is 4.79 Å². The molecule has 0 aromatic carbocycles. The van der Waals surface area contributed by atoms with Crippen molar-refractivity contribution in [2.75, 3.05) is 6.54 Å². The normalized spacial score (nSPS) is 10.5. The van der Waals surface area contributed by atoms with Crippen LogP contribution in [0, 0.1) is 10.9 Å². The van der Waals surface area contributed by atoms with Crippen molar-refractivity contribution in [1.82, 2.24) is 19.9 Å². The summed E-state index contributed by atoms with van der Waals surface area (Å²) in [7, 11) is 0. The van der Waals surface area contributed by atoms with Crippen molar-refractivity contribution in [3.63, 3.8) is 0 Å². The van der Waals surface area contributed by atoms with Gasteiger partial charge in [-0.2, -0.15) is 0 Å². The fourth-order valence-corrected chi connectivity index (χ4v) is 2.85. The van der Waals surface area contributed by atoms with Gasteiger partial charge in [0.25, 0.3) is 0 Å². The number of imidazole rings is 1. The lowest BCUT2D eigenvalue weighted by atomic mass is 10.3. The Bertz CT molecular complexity index is 570. The molecule has 2 aromatic rings. The second-order valence-electron chi connectivity index (χ2n) is 3.89. The zero-order chi connectivity index (χ0) is 13.0. The first kappa shape index (κ1) is 13.0. The van der Waals surface area contributed by atoms with Crippen molar-refractivity contribution in [2.45, 2.75) is 19.9 Å². The predicted molar refractivity (Wildman–Crippen MR) is 73.2 cm³/mol. The number of aromatic nitrogens is 3. The molecule has 0 unspecified atom stereocenters. The molecule has 0 aliphatic rings. The average Bonchev–Trinajstić information content (AvgIpc) is 2.90. The summed E-state index contributed by atoms with van der Waals surface area (Å²) in [5.41, 5.74) is 0.981. The number of carbonyl (C=O) groups excluding carboxylic acids is 1. The number of aryl methyl sites for hydroxylation is 1. The summed E-state index contributed by atoms with van der Waals surface area (Å²) in [6, 6.07) is 0. The van der Waals surface area contributed by atoms with Gasteiger partial charge >= 0.3 is 0 Å². The lowest BCUT2D eigenvalue weighted by molar-refractivity contribution is -0.120. The Morgan fingerprint density at radius 2 is 2.50 bits per heavy atom. The van der Waals surface area contributed by atoms with E-state index in [4.69, 9.17) is 12.2 Å². The second-order valence-corrected chi connectivity index (χ2v) is 5.66. The Labute approximate surface area is 114 Å². The van der Waals surface area contributed by atoms with Crippen molar-refractivity contribution in [3.8, 4) is 0 Å². The van der Waals surface area contributed by atoms with E-state index in [9.17, 15) is 4.79 Å². The monoisotopic (exact) mass is 282 g/mol. The molecule has 5 nitrogen and oxygen atoms in total. The van der Waals surface area contributed by atoms with E-state index in [-0.39, 0.29) is 5.91 Å². The van der Waals surface area contributed by atoms with Crippen molar-refractivity contribution in [1.29, 1.82) is 0 Å². The molecule has 1 amide bonds. The number of thiazole rings is 1. The molecule has 0 bridgehead atoms. The number of rotatable bonds is 5. The maximum absolute atomic E-state index is 11.7. The fourth-order valence-electron chi connectivity index (χ4n) is 1.56. The van der Waals surface area contributed by atoms with Crippen LogP contribution in [0.5, 0.6) is 0 Å². The quantitative estimate of drug-likeness (QED) is 0.820. The van der Waals surface area contributed by atoms with Crippen LogP contribution in [-0.2, 0) is 17.8 Å². The lowest BCUT2D eigenvalue weighted by Gasteiger charge is -2.05. The van der Waals surface area contributed by atoms with E-state index in [2.05, 4.69) is 15.3 Å². The Balaban J connectivity index is 1.79. The summed E-state index contributed by atoms with van der Waals surface area (Å²) >= 11 is 6.49. The van der Waals surface area contributed by atoms with Crippen LogP contribution in [-0.4, -0.2) is 27.0 Å². The van der Waals surface area contributed by atoms with Crippen LogP contribution in [0.2, 0.25) is 0 Å². The number of hydrogen-bond acceptors (Lipinski definition) is 4. The van der Waals surface area contributed by atoms with Crippen LogP contribution in [0.15, 0.2) is 18.7 Å². The molecule has 2 heterocycles. The first-order valence-corrected chi connectivity index (χ1v) is 6.78. The summed E-state index contributed by atoms with van der Waals surface area (Å²) in [4.78, 5) is 19.7. The summed E-state index contributed by atoms with van der Waals surface area (Å²) < 4.78 is 2.64. The average molecular weight is 282 g/mol. The Morgan fingerprint density at radius 1 is 1.67 bits per heavy atom. The van der Waals surface area contributed by atoms with Gasteiger partial charge in [-0.05, 0) is 19.1 Å². The molecule has 0 spiro atoms. The summed E-state index contributed by atoms with van der Waals surface area (Å²) in [6.07, 6.45) is 5.70. The van der Waals surface area contributed by atoms with Crippen molar-refractivity contribution in [3.05, 3.63) is 33.2 Å². The molecule has 0 fully saturated rings. The molecule has 0 saturated carbocycles. The molecular formula is C11H14N4OS2. The minimum atomic E-state index is 0.0171. The van der Waals surface area contributed by atoms with Crippen LogP contribution in [0.3, 0.4) is 0 Å². The van der Waals surface area contributed by atoms with Crippen molar-refractivity contribution >= 4 is 29.5 Å². The van der Waals surface area contributed by atoms with E-state index in [1.807, 2.05) is 17.7 Å². The van der Waals surface area contributed by atoms with Gasteiger partial charge in [-0.15, -0.1) is 11.3 Å². The molecule has 2 rings (SSSR count). The minimum Gasteiger partial charge on any atom is -0.354 e. The SMILES string of the molecule is Cc1[nH]c(=S)sc1CC(=O)NCCn1ccnc1. The number of amides is 1. The first-order valence-electron chi connectivity index (χ1n) is 5.56. The smallest absolute Gasteiger partial charge is 0.225 e. The van der Waals surface area contributed by atoms with Crippen LogP contribution < -0.4 is 5.32 Å². The van der Waals surface area contributed by atoms with E-state index in [0.717, 1.165) is 17.1 Å². The van der Waals surface area contributed by atoms with E-state index in [1.54, 1.807) is 12.5 Å². The number of nitrogens with one attached hydrogen (secondary N) is 2. The third kappa shape index (κ3) is 3.51. The lowest BCUT2D eigenvalue weighted by Crippen LogP contribution is -2.28. The summed E-state index contributed by atoms with van der Waals surface area (Å²) in [5.74, 6) is 0.0171. The van der Waals surface area contributed by atoms with Gasteiger partial charge in [0, 0.05) is 36.1 Å². The highest BCUT2D eigenvalue weighted by molar-refractivity contribution is 7.73. The Kier molecular flexibility index (Phi) is 4.27. The number of H-pyrrole nitrogens is 1. The second kappa shape index (κ2) is 5.92. The highest BCUT2D eigenvalue weighted by Gasteiger charge is 2.07. The minimum absolute atomic E-state index is 0.0171. The Hall–Kier alpha value is -1.47. The largest absolute Gasteiger partial charge is 0.354 e. The van der Waals surface area contributed by atoms with Gasteiger partial charge in [-0.25, -0.2) is 4.98 Å². The summed E-state index contributed by atoms with van der Waals surface area (Å²) in [5, 5.41) is 2.88. The van der Waals surface area contributed by atoms with Gasteiger partial charge in [-0.3, -0.25) is 4.79 Å². The topological polar surface area (TPSA) is 62.7 Å². The van der Waals surface area contributed by atoms with Gasteiger partial charge in [0.1, 0.15) is 0 Å². The molecule has 7 heteroatoms. The highest BCUT2D eigenvalue weighted by atomic mass is 32.1. The Morgan fingerprint density at radius 3 is 3.11 bits per heavy atom. The molecule has 0 aliphatic carbocycles. The molecule has 0 radical (unpaired) electrons. The molecule has 0 saturated heterocycles. The maximum Gasteiger partial charge on any atom is 0.225 e. The van der Waals surface area contributed by atoms with E-state index < -0.39 is 0 Å². The molecular weight excluding hydrogens is 268 g/mol. The van der Waals surface area contributed by atoms with E-state index >= 15 is 0 Å². The predicted octanol–water partition coefficient (Wildman–Crippen LogP) is 1.67. The van der Waals surface area contributed by atoms with Crippen molar-refractivity contribution in [2.24, 2.45) is 0 Å². The molecule has 2 N–H and O–H groups in total. The fraction of sp³-hybridized carbons (Fsp3) is 0.364. The maximum atomic E-state index is 11.7. The number of nitrogens with zero attached hydrogens (tertiary/aromatic N) is 2. The third-order valence-corrected chi connectivity index (χ3v) is 3.83. The van der Waals surface area contributed by atoms with Gasteiger partial charge in [0.2, 0.25) is 5.91 Å². The standard InChI is InChI=1S/C11H14N4OS2/c1-8-9(18-11(17)14-8)6-10(16)13-3-5-15-4-2-12-7-15/h2,4,7H,3,5-6H2,1H3,(H,13,16)(H,14,17). The van der Waals surface area contributed by atoms with E-state index in [1.165, 1.54) is 11.3 Å². The number of carbonyl (C=O) groups is 1. The van der Waals surface area contributed by atoms with Crippen LogP contribution in [0.4, 0.5) is 0 Å². The zero-order valence-corrected chi connectivity index (χ0v) is 11.6. The van der Waals surface area contributed by atoms with Crippen LogP contribution in [0.1, 0.15) is 10.6 Å². The zero-order valence-electron chi connectivity index (χ0n) is 9.97. The number of aromatic amines is 1. The van der Waals surface area contributed by atoms with Gasteiger partial charge in [-0.1, -0.05) is 0 Å². The molecule has 2 aromatic heterocycles. The van der Waals surface area contributed by atoms with Crippen LogP contribution in [0.25, 0.3) is 0 Å². The van der Waals surface area contributed by atoms with E-state index in [0.29, 0.717) is 16.9 Å². The van der Waals surface area contributed by atoms with Gasteiger partial charge in [0.15, 0.2) is 3.95 Å². The molecule has 96 valence electrons. The molecule has 0 aliphatic heterocycles. The van der Waals surface area contributed by atoms with Gasteiger partial charge < -0.3 is 14.9 Å². The summed E-state index contributed by atoms with van der Waals surface area (Å²) in [6.45, 7) is 3.26. The highest BCUT2D eigenvalue weighted by Crippen LogP contribution is 2.14. The number of hydrogen-bond donors (Lipinski definition) is 2. The molecule has 0 atom stereocenters. The van der Waals surface area contributed by atoms with Gasteiger partial charge in [0.05, 0.1) is 12.7 Å². The first-order chi connectivity index (χ1) is 8.65.